The summed E-state index contributed by atoms with van der Waals surface area (Å²) >= 11 is 14.8. The number of hydrogen-bond acceptors (Lipinski definition) is 4. The van der Waals surface area contributed by atoms with Crippen molar-refractivity contribution in [3.63, 3.8) is 0 Å². The van der Waals surface area contributed by atoms with Gasteiger partial charge in [-0.1, -0.05) is 29.3 Å². The van der Waals surface area contributed by atoms with Gasteiger partial charge in [0, 0.05) is 21.7 Å². The lowest BCUT2D eigenvalue weighted by Crippen LogP contribution is -2.06. The molecule has 0 aliphatic carbocycles. The predicted molar refractivity (Wildman–Crippen MR) is 86.4 cm³/mol. The number of rotatable bonds is 4. The minimum Gasteiger partial charge on any atom is -0.457 e. The van der Waals surface area contributed by atoms with Crippen LogP contribution in [0.1, 0.15) is 15.9 Å². The first-order valence-corrected chi connectivity index (χ1v) is 7.48. The second kappa shape index (κ2) is 7.09. The predicted octanol–water partition coefficient (Wildman–Crippen LogP) is 5.02. The Bertz CT molecular complexity index is 752. The zero-order valence-corrected chi connectivity index (χ0v) is 14.0. The molecule has 0 aliphatic rings. The van der Waals surface area contributed by atoms with Crippen LogP contribution in [0.5, 0.6) is 0 Å². The van der Waals surface area contributed by atoms with Crippen LogP contribution in [0.2, 0.25) is 10.0 Å². The summed E-state index contributed by atoms with van der Waals surface area (Å²) < 4.78 is 5.39. The molecule has 0 atom stereocenters. The fourth-order valence-electron chi connectivity index (χ4n) is 1.64. The van der Waals surface area contributed by atoms with Crippen molar-refractivity contribution in [2.75, 3.05) is 0 Å². The van der Waals surface area contributed by atoms with Gasteiger partial charge in [-0.15, -0.1) is 0 Å². The maximum atomic E-state index is 12.0. The van der Waals surface area contributed by atoms with E-state index in [1.807, 2.05) is 0 Å². The maximum absolute atomic E-state index is 12.0. The summed E-state index contributed by atoms with van der Waals surface area (Å²) in [6, 6.07) is 8.81. The van der Waals surface area contributed by atoms with Gasteiger partial charge >= 0.3 is 5.97 Å². The van der Waals surface area contributed by atoms with Crippen molar-refractivity contribution in [3.8, 4) is 0 Å². The molecule has 0 unspecified atom stereocenters. The van der Waals surface area contributed by atoms with Crippen LogP contribution in [0, 0.1) is 10.1 Å². The van der Waals surface area contributed by atoms with E-state index in [1.54, 1.807) is 12.1 Å². The van der Waals surface area contributed by atoms with Crippen LogP contribution in [-0.4, -0.2) is 10.9 Å². The topological polar surface area (TPSA) is 69.4 Å². The molecule has 0 spiro atoms. The molecule has 5 nitrogen and oxygen atoms in total. The number of carbonyl (C=O) groups excluding carboxylic acids is 1. The Morgan fingerprint density at radius 3 is 2.59 bits per heavy atom. The third kappa shape index (κ3) is 3.97. The quantitative estimate of drug-likeness (QED) is 0.407. The number of halogens is 3. The van der Waals surface area contributed by atoms with Crippen LogP contribution in [0.15, 0.2) is 40.9 Å². The fourth-order valence-corrected chi connectivity index (χ4v) is 2.50. The number of benzene rings is 2. The van der Waals surface area contributed by atoms with Crippen LogP contribution >= 0.6 is 39.1 Å². The second-order valence-electron chi connectivity index (χ2n) is 4.24. The van der Waals surface area contributed by atoms with Crippen molar-refractivity contribution in [1.29, 1.82) is 0 Å². The highest BCUT2D eigenvalue weighted by molar-refractivity contribution is 9.10. The summed E-state index contributed by atoms with van der Waals surface area (Å²) in [6.07, 6.45) is 0. The third-order valence-electron chi connectivity index (χ3n) is 2.75. The highest BCUT2D eigenvalue weighted by atomic mass is 79.9. The van der Waals surface area contributed by atoms with Gasteiger partial charge in [0.05, 0.1) is 15.0 Å². The molecular formula is C14H8BrCl2NO4. The standard InChI is InChI=1S/C14H8BrCl2NO4/c15-11-4-2-8(5-13(11)18(20)21)14(19)22-7-9-1-3-10(16)6-12(9)17/h1-6H,7H2. The summed E-state index contributed by atoms with van der Waals surface area (Å²) in [6.45, 7) is -0.0568. The van der Waals surface area contributed by atoms with E-state index in [2.05, 4.69) is 15.9 Å². The van der Waals surface area contributed by atoms with Gasteiger partial charge in [-0.25, -0.2) is 4.79 Å². The molecule has 0 N–H and O–H groups in total. The molecule has 2 aromatic carbocycles. The van der Waals surface area contributed by atoms with Crippen molar-refractivity contribution < 1.29 is 14.5 Å². The molecule has 0 fully saturated rings. The molecule has 0 aliphatic heterocycles. The number of nitrogens with zero attached hydrogens (tertiary/aromatic N) is 1. The lowest BCUT2D eigenvalue weighted by molar-refractivity contribution is -0.385. The summed E-state index contributed by atoms with van der Waals surface area (Å²) in [7, 11) is 0. The van der Waals surface area contributed by atoms with Crippen LogP contribution in [0.4, 0.5) is 5.69 Å². The number of nitro benzene ring substituents is 1. The Morgan fingerprint density at radius 2 is 1.95 bits per heavy atom. The number of nitro groups is 1. The Labute approximate surface area is 144 Å². The lowest BCUT2D eigenvalue weighted by Gasteiger charge is -2.07. The van der Waals surface area contributed by atoms with E-state index >= 15 is 0 Å². The number of esters is 1. The van der Waals surface area contributed by atoms with Gasteiger partial charge in [0.25, 0.3) is 5.69 Å². The summed E-state index contributed by atoms with van der Waals surface area (Å²) in [5.41, 5.74) is 0.463. The zero-order valence-electron chi connectivity index (χ0n) is 10.9. The molecule has 0 heterocycles. The smallest absolute Gasteiger partial charge is 0.338 e. The van der Waals surface area contributed by atoms with E-state index in [4.69, 9.17) is 27.9 Å². The fraction of sp³-hybridized carbons (Fsp3) is 0.0714. The average molecular weight is 405 g/mol. The van der Waals surface area contributed by atoms with E-state index in [9.17, 15) is 14.9 Å². The molecule has 2 rings (SSSR count). The van der Waals surface area contributed by atoms with Gasteiger partial charge in [0.15, 0.2) is 0 Å². The number of carbonyl (C=O) groups is 1. The molecule has 0 radical (unpaired) electrons. The molecule has 0 aromatic heterocycles. The van der Waals surface area contributed by atoms with Gasteiger partial charge in [0.2, 0.25) is 0 Å². The summed E-state index contributed by atoms with van der Waals surface area (Å²) in [5, 5.41) is 11.7. The van der Waals surface area contributed by atoms with Crippen molar-refractivity contribution in [2.24, 2.45) is 0 Å². The monoisotopic (exact) mass is 403 g/mol. The van der Waals surface area contributed by atoms with E-state index in [1.165, 1.54) is 18.2 Å². The normalized spacial score (nSPS) is 10.3. The largest absolute Gasteiger partial charge is 0.457 e. The Morgan fingerprint density at radius 1 is 1.23 bits per heavy atom. The van der Waals surface area contributed by atoms with Crippen molar-refractivity contribution in [3.05, 3.63) is 72.2 Å². The average Bonchev–Trinajstić information content (AvgIpc) is 2.46. The molecule has 0 saturated carbocycles. The Hall–Kier alpha value is -1.63. The summed E-state index contributed by atoms with van der Waals surface area (Å²) in [4.78, 5) is 22.2. The molecule has 0 bridgehead atoms. The van der Waals surface area contributed by atoms with Crippen LogP contribution in [0.3, 0.4) is 0 Å². The molecule has 2 aromatic rings. The van der Waals surface area contributed by atoms with E-state index in [-0.39, 0.29) is 22.3 Å². The Balaban J connectivity index is 2.12. The first-order valence-electron chi connectivity index (χ1n) is 5.93. The highest BCUT2D eigenvalue weighted by Gasteiger charge is 2.17. The number of ether oxygens (including phenoxy) is 1. The lowest BCUT2D eigenvalue weighted by atomic mass is 10.2. The van der Waals surface area contributed by atoms with E-state index in [0.29, 0.717) is 15.6 Å². The van der Waals surface area contributed by atoms with Gasteiger partial charge in [-0.05, 0) is 40.2 Å². The maximum Gasteiger partial charge on any atom is 0.338 e. The first kappa shape index (κ1) is 16.7. The van der Waals surface area contributed by atoms with Crippen LogP contribution in [-0.2, 0) is 11.3 Å². The zero-order chi connectivity index (χ0) is 16.3. The molecule has 8 heteroatoms. The first-order chi connectivity index (χ1) is 10.4. The van der Waals surface area contributed by atoms with Crippen molar-refractivity contribution in [2.45, 2.75) is 6.61 Å². The summed E-state index contributed by atoms with van der Waals surface area (Å²) in [5.74, 6) is -0.679. The SMILES string of the molecule is O=C(OCc1ccc(Cl)cc1Cl)c1ccc(Br)c([N+](=O)[O-])c1. The van der Waals surface area contributed by atoms with Gasteiger partial charge < -0.3 is 4.74 Å². The van der Waals surface area contributed by atoms with Crippen molar-refractivity contribution in [1.82, 2.24) is 0 Å². The van der Waals surface area contributed by atoms with Crippen LogP contribution < -0.4 is 0 Å². The minimum absolute atomic E-state index is 0.0568. The van der Waals surface area contributed by atoms with Gasteiger partial charge in [-0.2, -0.15) is 0 Å². The highest BCUT2D eigenvalue weighted by Crippen LogP contribution is 2.26. The molecular weight excluding hydrogens is 397 g/mol. The minimum atomic E-state index is -0.679. The molecule has 114 valence electrons. The van der Waals surface area contributed by atoms with Gasteiger partial charge in [-0.3, -0.25) is 10.1 Å². The second-order valence-corrected chi connectivity index (χ2v) is 5.93. The van der Waals surface area contributed by atoms with Gasteiger partial charge in [0.1, 0.15) is 6.61 Å². The molecule has 0 amide bonds. The molecule has 0 saturated heterocycles. The van der Waals surface area contributed by atoms with Crippen LogP contribution in [0.25, 0.3) is 0 Å². The van der Waals surface area contributed by atoms with E-state index in [0.717, 1.165) is 6.07 Å². The Kier molecular flexibility index (Phi) is 5.39. The molecule has 22 heavy (non-hydrogen) atoms. The third-order valence-corrected chi connectivity index (χ3v) is 4.01. The van der Waals surface area contributed by atoms with Crippen molar-refractivity contribution >= 4 is 50.8 Å². The number of hydrogen-bond donors (Lipinski definition) is 0. The van der Waals surface area contributed by atoms with E-state index < -0.39 is 10.9 Å².